The molecule has 2 rings (SSSR count). The highest BCUT2D eigenvalue weighted by atomic mass is 32.2. The van der Waals surface area contributed by atoms with Crippen LogP contribution < -0.4 is 4.72 Å². The van der Waals surface area contributed by atoms with Crippen molar-refractivity contribution in [1.82, 2.24) is 4.72 Å². The van der Waals surface area contributed by atoms with Gasteiger partial charge in [0.15, 0.2) is 11.6 Å². The van der Waals surface area contributed by atoms with Crippen molar-refractivity contribution in [2.75, 3.05) is 0 Å². The molecule has 21 heavy (non-hydrogen) atoms. The van der Waals surface area contributed by atoms with Crippen LogP contribution in [0.25, 0.3) is 0 Å². The standard InChI is InChI=1S/C15H15F2NO2S/c1-10-5-3-4-6-15(10)21(19,20)18-11(2)12-7-8-13(16)14(17)9-12/h3-9,11,18H,1-2H3. The van der Waals surface area contributed by atoms with E-state index in [0.29, 0.717) is 11.1 Å². The summed E-state index contributed by atoms with van der Waals surface area (Å²) in [6, 6.07) is 9.20. The summed E-state index contributed by atoms with van der Waals surface area (Å²) in [5.41, 5.74) is 0.966. The van der Waals surface area contributed by atoms with Crippen molar-refractivity contribution in [3.8, 4) is 0 Å². The third kappa shape index (κ3) is 3.46. The molecule has 0 saturated heterocycles. The molecule has 112 valence electrons. The second-order valence-corrected chi connectivity index (χ2v) is 6.46. The van der Waals surface area contributed by atoms with Gasteiger partial charge in [-0.25, -0.2) is 21.9 Å². The molecular formula is C15H15F2NO2S. The van der Waals surface area contributed by atoms with Crippen LogP contribution in [-0.2, 0) is 10.0 Å². The van der Waals surface area contributed by atoms with E-state index in [9.17, 15) is 17.2 Å². The highest BCUT2D eigenvalue weighted by Gasteiger charge is 2.20. The van der Waals surface area contributed by atoms with Gasteiger partial charge in [0, 0.05) is 6.04 Å². The van der Waals surface area contributed by atoms with E-state index in [-0.39, 0.29) is 4.90 Å². The van der Waals surface area contributed by atoms with Gasteiger partial charge in [-0.15, -0.1) is 0 Å². The highest BCUT2D eigenvalue weighted by Crippen LogP contribution is 2.20. The Morgan fingerprint density at radius 3 is 2.33 bits per heavy atom. The smallest absolute Gasteiger partial charge is 0.207 e. The molecule has 6 heteroatoms. The van der Waals surface area contributed by atoms with Crippen molar-refractivity contribution in [3.63, 3.8) is 0 Å². The van der Waals surface area contributed by atoms with Gasteiger partial charge in [-0.2, -0.15) is 0 Å². The van der Waals surface area contributed by atoms with Crippen molar-refractivity contribution < 1.29 is 17.2 Å². The molecular weight excluding hydrogens is 296 g/mol. The summed E-state index contributed by atoms with van der Waals surface area (Å²) in [7, 11) is -3.73. The molecule has 0 fully saturated rings. The van der Waals surface area contributed by atoms with E-state index < -0.39 is 27.7 Å². The predicted octanol–water partition coefficient (Wildman–Crippen LogP) is 3.31. The SMILES string of the molecule is Cc1ccccc1S(=O)(=O)NC(C)c1ccc(F)c(F)c1. The summed E-state index contributed by atoms with van der Waals surface area (Å²) in [5, 5.41) is 0. The van der Waals surface area contributed by atoms with Crippen LogP contribution >= 0.6 is 0 Å². The second kappa shape index (κ2) is 5.91. The molecule has 0 aromatic heterocycles. The zero-order valence-electron chi connectivity index (χ0n) is 11.6. The zero-order chi connectivity index (χ0) is 15.6. The van der Waals surface area contributed by atoms with E-state index in [0.717, 1.165) is 12.1 Å². The summed E-state index contributed by atoms with van der Waals surface area (Å²) in [5.74, 6) is -1.97. The molecule has 0 saturated carbocycles. The summed E-state index contributed by atoms with van der Waals surface area (Å²) >= 11 is 0. The highest BCUT2D eigenvalue weighted by molar-refractivity contribution is 7.89. The van der Waals surface area contributed by atoms with E-state index in [1.165, 1.54) is 12.1 Å². The van der Waals surface area contributed by atoms with E-state index in [1.54, 1.807) is 32.0 Å². The van der Waals surface area contributed by atoms with Crippen LogP contribution in [0.1, 0.15) is 24.1 Å². The average molecular weight is 311 g/mol. The maximum absolute atomic E-state index is 13.2. The number of nitrogens with one attached hydrogen (secondary N) is 1. The molecule has 0 bridgehead atoms. The fourth-order valence-electron chi connectivity index (χ4n) is 2.00. The lowest BCUT2D eigenvalue weighted by molar-refractivity contribution is 0.504. The molecule has 0 aliphatic rings. The number of benzene rings is 2. The lowest BCUT2D eigenvalue weighted by Crippen LogP contribution is -2.27. The first-order valence-electron chi connectivity index (χ1n) is 6.34. The van der Waals surface area contributed by atoms with Crippen molar-refractivity contribution in [3.05, 3.63) is 65.2 Å². The predicted molar refractivity (Wildman–Crippen MR) is 76.3 cm³/mol. The molecule has 0 radical (unpaired) electrons. The molecule has 0 heterocycles. The van der Waals surface area contributed by atoms with Gasteiger partial charge in [-0.05, 0) is 43.2 Å². The number of sulfonamides is 1. The fraction of sp³-hybridized carbons (Fsp3) is 0.200. The Morgan fingerprint density at radius 1 is 1.05 bits per heavy atom. The first-order valence-corrected chi connectivity index (χ1v) is 7.82. The largest absolute Gasteiger partial charge is 0.241 e. The Balaban J connectivity index is 2.28. The maximum atomic E-state index is 13.2. The van der Waals surface area contributed by atoms with Gasteiger partial charge in [-0.1, -0.05) is 24.3 Å². The Labute approximate surface area is 122 Å². The number of halogens is 2. The molecule has 1 N–H and O–H groups in total. The molecule has 2 aromatic rings. The molecule has 0 amide bonds. The Morgan fingerprint density at radius 2 is 1.71 bits per heavy atom. The molecule has 2 aromatic carbocycles. The molecule has 1 unspecified atom stereocenters. The Hall–Kier alpha value is -1.79. The summed E-state index contributed by atoms with van der Waals surface area (Å²) < 4.78 is 53.2. The topological polar surface area (TPSA) is 46.2 Å². The van der Waals surface area contributed by atoms with Crippen LogP contribution in [-0.4, -0.2) is 8.42 Å². The maximum Gasteiger partial charge on any atom is 0.241 e. The first kappa shape index (κ1) is 15.6. The normalized spacial score (nSPS) is 13.1. The molecule has 0 spiro atoms. The minimum atomic E-state index is -3.73. The third-order valence-electron chi connectivity index (χ3n) is 3.16. The number of hydrogen-bond acceptors (Lipinski definition) is 2. The number of hydrogen-bond donors (Lipinski definition) is 1. The van der Waals surface area contributed by atoms with Crippen molar-refractivity contribution >= 4 is 10.0 Å². The van der Waals surface area contributed by atoms with E-state index in [4.69, 9.17) is 0 Å². The molecule has 0 aliphatic carbocycles. The lowest BCUT2D eigenvalue weighted by Gasteiger charge is -2.16. The summed E-state index contributed by atoms with van der Waals surface area (Å²) in [4.78, 5) is 0.166. The minimum Gasteiger partial charge on any atom is -0.207 e. The van der Waals surface area contributed by atoms with Gasteiger partial charge in [0.05, 0.1) is 4.90 Å². The van der Waals surface area contributed by atoms with Crippen LogP contribution in [0.5, 0.6) is 0 Å². The van der Waals surface area contributed by atoms with Gasteiger partial charge in [0.1, 0.15) is 0 Å². The lowest BCUT2D eigenvalue weighted by atomic mass is 10.1. The molecule has 3 nitrogen and oxygen atoms in total. The third-order valence-corrected chi connectivity index (χ3v) is 4.86. The van der Waals surface area contributed by atoms with E-state index >= 15 is 0 Å². The van der Waals surface area contributed by atoms with Crippen molar-refractivity contribution in [2.45, 2.75) is 24.8 Å². The van der Waals surface area contributed by atoms with Crippen molar-refractivity contribution in [1.29, 1.82) is 0 Å². The van der Waals surface area contributed by atoms with E-state index in [1.807, 2.05) is 0 Å². The van der Waals surface area contributed by atoms with Gasteiger partial charge in [0.25, 0.3) is 0 Å². The Kier molecular flexibility index (Phi) is 4.39. The quantitative estimate of drug-likeness (QED) is 0.941. The van der Waals surface area contributed by atoms with Gasteiger partial charge < -0.3 is 0 Å². The van der Waals surface area contributed by atoms with Crippen LogP contribution in [0, 0.1) is 18.6 Å². The van der Waals surface area contributed by atoms with Crippen LogP contribution in [0.3, 0.4) is 0 Å². The first-order chi connectivity index (χ1) is 9.81. The molecule has 0 aliphatic heterocycles. The minimum absolute atomic E-state index is 0.166. The van der Waals surface area contributed by atoms with Crippen LogP contribution in [0.2, 0.25) is 0 Å². The van der Waals surface area contributed by atoms with Crippen LogP contribution in [0.15, 0.2) is 47.4 Å². The fourth-order valence-corrected chi connectivity index (χ4v) is 3.48. The monoisotopic (exact) mass is 311 g/mol. The van der Waals surface area contributed by atoms with Gasteiger partial charge >= 0.3 is 0 Å². The molecule has 1 atom stereocenters. The zero-order valence-corrected chi connectivity index (χ0v) is 12.4. The second-order valence-electron chi connectivity index (χ2n) is 4.78. The van der Waals surface area contributed by atoms with Crippen LogP contribution in [0.4, 0.5) is 8.78 Å². The summed E-state index contributed by atoms with van der Waals surface area (Å²) in [6.45, 7) is 3.26. The average Bonchev–Trinajstić information content (AvgIpc) is 2.41. The number of aryl methyl sites for hydroxylation is 1. The van der Waals surface area contributed by atoms with Gasteiger partial charge in [0.2, 0.25) is 10.0 Å². The Bertz CT molecular complexity index is 760. The summed E-state index contributed by atoms with van der Waals surface area (Å²) in [6.07, 6.45) is 0. The number of rotatable bonds is 4. The van der Waals surface area contributed by atoms with E-state index in [2.05, 4.69) is 4.72 Å². The van der Waals surface area contributed by atoms with Gasteiger partial charge in [-0.3, -0.25) is 0 Å². The van der Waals surface area contributed by atoms with Crippen molar-refractivity contribution in [2.24, 2.45) is 0 Å².